The van der Waals surface area contributed by atoms with Crippen LogP contribution in [0.3, 0.4) is 0 Å². The van der Waals surface area contributed by atoms with Crippen LogP contribution in [0.1, 0.15) is 43.0 Å². The van der Waals surface area contributed by atoms with Gasteiger partial charge < -0.3 is 31.9 Å². The van der Waals surface area contributed by atoms with E-state index in [1.165, 1.54) is 12.1 Å². The first-order chi connectivity index (χ1) is 18.2. The first-order valence-corrected chi connectivity index (χ1v) is 12.1. The zero-order valence-electron chi connectivity index (χ0n) is 21.6. The Morgan fingerprint density at radius 3 is 2.10 bits per heavy atom. The molecule has 0 aliphatic rings. The van der Waals surface area contributed by atoms with Crippen LogP contribution in [0, 0.1) is 13.8 Å². The molecule has 6 nitrogen and oxygen atoms in total. The molecule has 39 heavy (non-hydrogen) atoms. The fourth-order valence-corrected chi connectivity index (χ4v) is 4.82. The number of fused-ring (bicyclic) bond motifs is 2. The van der Waals surface area contributed by atoms with Gasteiger partial charge >= 0.3 is 11.9 Å². The van der Waals surface area contributed by atoms with Gasteiger partial charge in [0.25, 0.3) is 0 Å². The SMILES string of the molecule is Cc1cc(C(=O)O)cc(C)c1OC(=O)c1c2ccccc2[n+](C)c2ccc(/C=C/c3cccc(O)c3)cc12.[Br-]. The Bertz CT molecular complexity index is 1770. The van der Waals surface area contributed by atoms with Crippen molar-refractivity contribution in [2.45, 2.75) is 13.8 Å². The predicted molar refractivity (Wildman–Crippen MR) is 147 cm³/mol. The van der Waals surface area contributed by atoms with Crippen LogP contribution in [0.5, 0.6) is 11.5 Å². The van der Waals surface area contributed by atoms with Crippen molar-refractivity contribution in [3.8, 4) is 11.5 Å². The lowest BCUT2D eigenvalue weighted by Gasteiger charge is -2.14. The summed E-state index contributed by atoms with van der Waals surface area (Å²) in [4.78, 5) is 25.3. The molecule has 7 heteroatoms. The number of aromatic carboxylic acids is 1. The number of hydrogen-bond acceptors (Lipinski definition) is 4. The number of carboxylic acid groups (broad SMARTS) is 1. The summed E-state index contributed by atoms with van der Waals surface area (Å²) in [6.07, 6.45) is 3.83. The number of nitrogens with zero attached hydrogens (tertiary/aromatic N) is 1. The number of phenolic OH excluding ortho intramolecular Hbond substituents is 1. The van der Waals surface area contributed by atoms with Gasteiger partial charge in [0.1, 0.15) is 18.5 Å². The Balaban J connectivity index is 0.00000353. The van der Waals surface area contributed by atoms with Gasteiger partial charge in [0.2, 0.25) is 11.0 Å². The van der Waals surface area contributed by atoms with Crippen LogP contribution in [-0.4, -0.2) is 22.2 Å². The van der Waals surface area contributed by atoms with E-state index in [1.54, 1.807) is 32.0 Å². The highest BCUT2D eigenvalue weighted by Crippen LogP contribution is 2.30. The van der Waals surface area contributed by atoms with Gasteiger partial charge in [0, 0.05) is 12.1 Å². The van der Waals surface area contributed by atoms with E-state index in [4.69, 9.17) is 4.74 Å². The summed E-state index contributed by atoms with van der Waals surface area (Å²) >= 11 is 0. The molecular formula is C32H26BrNO5. The molecule has 1 aromatic heterocycles. The quantitative estimate of drug-likeness (QED) is 0.109. The van der Waals surface area contributed by atoms with Gasteiger partial charge in [-0.3, -0.25) is 0 Å². The number of phenols is 1. The molecule has 0 spiro atoms. The summed E-state index contributed by atoms with van der Waals surface area (Å²) < 4.78 is 7.99. The van der Waals surface area contributed by atoms with Crippen LogP contribution in [0.25, 0.3) is 34.0 Å². The lowest BCUT2D eigenvalue weighted by molar-refractivity contribution is -0.617. The van der Waals surface area contributed by atoms with Crippen molar-refractivity contribution in [1.82, 2.24) is 0 Å². The van der Waals surface area contributed by atoms with Gasteiger partial charge in [-0.1, -0.05) is 36.4 Å². The number of aromatic nitrogens is 1. The van der Waals surface area contributed by atoms with E-state index >= 15 is 0 Å². The molecule has 1 heterocycles. The molecule has 5 aromatic rings. The smallest absolute Gasteiger partial charge is 0.345 e. The summed E-state index contributed by atoms with van der Waals surface area (Å²) in [6.45, 7) is 3.46. The number of esters is 1. The van der Waals surface area contributed by atoms with E-state index in [-0.39, 0.29) is 28.3 Å². The number of pyridine rings is 1. The Morgan fingerprint density at radius 1 is 0.795 bits per heavy atom. The highest BCUT2D eigenvalue weighted by atomic mass is 79.9. The van der Waals surface area contributed by atoms with Crippen molar-refractivity contribution in [2.24, 2.45) is 7.05 Å². The number of rotatable bonds is 5. The third-order valence-electron chi connectivity index (χ3n) is 6.63. The summed E-state index contributed by atoms with van der Waals surface area (Å²) in [5.41, 5.74) is 5.19. The van der Waals surface area contributed by atoms with Crippen molar-refractivity contribution < 1.29 is 46.1 Å². The maximum atomic E-state index is 13.8. The summed E-state index contributed by atoms with van der Waals surface area (Å²) in [6, 6.07) is 23.5. The van der Waals surface area contributed by atoms with Gasteiger partial charge in [-0.25, -0.2) is 9.59 Å². The normalized spacial score (nSPS) is 11.1. The molecule has 0 unspecified atom stereocenters. The lowest BCUT2D eigenvalue weighted by atomic mass is 9.99. The third kappa shape index (κ3) is 5.40. The largest absolute Gasteiger partial charge is 1.00 e. The van der Waals surface area contributed by atoms with E-state index in [2.05, 4.69) is 0 Å². The molecule has 0 atom stereocenters. The maximum Gasteiger partial charge on any atom is 0.345 e. The van der Waals surface area contributed by atoms with E-state index in [9.17, 15) is 19.8 Å². The lowest BCUT2D eigenvalue weighted by Crippen LogP contribution is -3.00. The molecule has 2 N–H and O–H groups in total. The molecule has 196 valence electrons. The Hall–Kier alpha value is -4.49. The number of ether oxygens (including phenoxy) is 1. The molecule has 0 aliphatic carbocycles. The molecule has 0 radical (unpaired) electrons. The number of carbonyl (C=O) groups excluding carboxylic acids is 1. The molecule has 0 saturated heterocycles. The fourth-order valence-electron chi connectivity index (χ4n) is 4.82. The summed E-state index contributed by atoms with van der Waals surface area (Å²) in [7, 11) is 1.96. The number of carbonyl (C=O) groups is 2. The van der Waals surface area contributed by atoms with Crippen molar-refractivity contribution >= 4 is 45.9 Å². The number of para-hydroxylation sites is 1. The molecular weight excluding hydrogens is 558 g/mol. The van der Waals surface area contributed by atoms with Crippen molar-refractivity contribution in [1.29, 1.82) is 0 Å². The van der Waals surface area contributed by atoms with Crippen molar-refractivity contribution in [2.75, 3.05) is 0 Å². The first kappa shape index (κ1) is 27.5. The summed E-state index contributed by atoms with van der Waals surface area (Å²) in [5, 5.41) is 20.6. The van der Waals surface area contributed by atoms with E-state index in [0.717, 1.165) is 32.9 Å². The number of aromatic hydroxyl groups is 1. The van der Waals surface area contributed by atoms with E-state index in [0.29, 0.717) is 22.4 Å². The third-order valence-corrected chi connectivity index (χ3v) is 6.63. The second-order valence-electron chi connectivity index (χ2n) is 9.29. The molecule has 0 amide bonds. The second kappa shape index (κ2) is 11.1. The average Bonchev–Trinajstić information content (AvgIpc) is 2.89. The fraction of sp³-hybridized carbons (Fsp3) is 0.0938. The van der Waals surface area contributed by atoms with Gasteiger partial charge in [0.15, 0.2) is 0 Å². The Labute approximate surface area is 236 Å². The van der Waals surface area contributed by atoms with Crippen molar-refractivity contribution in [3.05, 3.63) is 112 Å². The van der Waals surface area contributed by atoms with Gasteiger partial charge in [-0.2, -0.15) is 4.57 Å². The Kier molecular flexibility index (Phi) is 7.83. The zero-order chi connectivity index (χ0) is 27.0. The zero-order valence-corrected chi connectivity index (χ0v) is 23.2. The molecule has 4 aromatic carbocycles. The van der Waals surface area contributed by atoms with E-state index in [1.807, 2.05) is 72.3 Å². The first-order valence-electron chi connectivity index (χ1n) is 12.1. The van der Waals surface area contributed by atoms with E-state index < -0.39 is 11.9 Å². The molecule has 0 saturated carbocycles. The molecule has 5 rings (SSSR count). The minimum absolute atomic E-state index is 0. The van der Waals surface area contributed by atoms with Crippen molar-refractivity contribution in [3.63, 3.8) is 0 Å². The molecule has 0 aliphatic heterocycles. The van der Waals surface area contributed by atoms with Crippen LogP contribution in [-0.2, 0) is 7.05 Å². The van der Waals surface area contributed by atoms with Gasteiger partial charge in [-0.05, 0) is 78.6 Å². The van der Waals surface area contributed by atoms with Crippen LogP contribution in [0.2, 0.25) is 0 Å². The average molecular weight is 584 g/mol. The number of halogens is 1. The number of hydrogen-bond donors (Lipinski definition) is 2. The monoisotopic (exact) mass is 583 g/mol. The number of carboxylic acids is 1. The highest BCUT2D eigenvalue weighted by Gasteiger charge is 2.25. The number of aryl methyl sites for hydroxylation is 3. The van der Waals surface area contributed by atoms with Gasteiger partial charge in [-0.15, -0.1) is 0 Å². The highest BCUT2D eigenvalue weighted by molar-refractivity contribution is 6.13. The van der Waals surface area contributed by atoms with Crippen LogP contribution in [0.4, 0.5) is 0 Å². The molecule has 0 fully saturated rings. The standard InChI is InChI=1S/C32H25NO5.BrH/c1-19-15-23(31(35)36)16-20(2)30(19)38-32(37)29-25-9-4-5-10-27(25)33(3)28-14-13-22(18-26(28)29)12-11-21-7-6-8-24(34)17-21;/h4-18H,1-3H3,(H-,34,35,36);1H/b12-11+;. The Morgan fingerprint density at radius 2 is 1.44 bits per heavy atom. The van der Waals surface area contributed by atoms with Gasteiger partial charge in [0.05, 0.1) is 21.9 Å². The minimum Gasteiger partial charge on any atom is -1.00 e. The minimum atomic E-state index is -1.03. The van der Waals surface area contributed by atoms with Crippen LogP contribution in [0.15, 0.2) is 78.9 Å². The second-order valence-corrected chi connectivity index (χ2v) is 9.29. The number of benzene rings is 4. The maximum absolute atomic E-state index is 13.8. The summed E-state index contributed by atoms with van der Waals surface area (Å²) in [5.74, 6) is -1.01. The van der Waals surface area contributed by atoms with Crippen LogP contribution < -0.4 is 26.3 Å². The van der Waals surface area contributed by atoms with Crippen LogP contribution >= 0.6 is 0 Å². The topological polar surface area (TPSA) is 87.7 Å². The predicted octanol–water partition coefficient (Wildman–Crippen LogP) is 3.23. The molecule has 0 bridgehead atoms.